The van der Waals surface area contributed by atoms with Gasteiger partial charge in [0.05, 0.1) is 17.5 Å². The van der Waals surface area contributed by atoms with Crippen LogP contribution in [-0.2, 0) is 10.9 Å². The molecular weight excluding hydrogens is 241 g/mol. The van der Waals surface area contributed by atoms with Gasteiger partial charge >= 0.3 is 6.18 Å². The molecule has 1 atom stereocenters. The predicted octanol–water partition coefficient (Wildman–Crippen LogP) is 4.02. The summed E-state index contributed by atoms with van der Waals surface area (Å²) in [5.74, 6) is 0.134. The quantitative estimate of drug-likeness (QED) is 0.736. The highest BCUT2D eigenvalue weighted by molar-refractivity contribution is 6.18. The van der Waals surface area contributed by atoms with Gasteiger partial charge in [-0.05, 0) is 24.6 Å². The van der Waals surface area contributed by atoms with Crippen LogP contribution in [0, 0.1) is 0 Å². The summed E-state index contributed by atoms with van der Waals surface area (Å²) in [5, 5.41) is 0. The Balaban J connectivity index is 2.97. The molecule has 0 saturated carbocycles. The van der Waals surface area contributed by atoms with Crippen molar-refractivity contribution in [3.8, 4) is 0 Å². The average Bonchev–Trinajstić information content (AvgIpc) is 2.25. The Hall–Kier alpha value is -0.740. The first kappa shape index (κ1) is 13.3. The molecular formula is C11H12ClF3O. The van der Waals surface area contributed by atoms with Gasteiger partial charge < -0.3 is 4.74 Å². The van der Waals surface area contributed by atoms with Crippen LogP contribution in [0.15, 0.2) is 24.3 Å². The minimum Gasteiger partial charge on any atom is -0.373 e. The Morgan fingerprint density at radius 3 is 2.56 bits per heavy atom. The summed E-state index contributed by atoms with van der Waals surface area (Å²) < 4.78 is 42.6. The Kier molecular flexibility index (Phi) is 4.62. The summed E-state index contributed by atoms with van der Waals surface area (Å²) in [6, 6.07) is 5.04. The number of benzene rings is 1. The number of hydrogen-bond donors (Lipinski definition) is 0. The van der Waals surface area contributed by atoms with Gasteiger partial charge in [-0.3, -0.25) is 0 Å². The SMILES string of the molecule is CCOC(CCl)c1cccc(C(F)(F)F)c1. The summed E-state index contributed by atoms with van der Waals surface area (Å²) in [4.78, 5) is 0. The van der Waals surface area contributed by atoms with E-state index in [1.807, 2.05) is 0 Å². The van der Waals surface area contributed by atoms with Crippen molar-refractivity contribution in [1.29, 1.82) is 0 Å². The zero-order valence-corrected chi connectivity index (χ0v) is 9.48. The van der Waals surface area contributed by atoms with Crippen LogP contribution in [0.25, 0.3) is 0 Å². The van der Waals surface area contributed by atoms with Gasteiger partial charge in [-0.1, -0.05) is 12.1 Å². The van der Waals surface area contributed by atoms with Crippen LogP contribution in [0.1, 0.15) is 24.2 Å². The van der Waals surface area contributed by atoms with E-state index < -0.39 is 17.8 Å². The second-order valence-corrected chi connectivity index (χ2v) is 3.53. The van der Waals surface area contributed by atoms with E-state index in [0.717, 1.165) is 12.1 Å². The molecule has 0 aliphatic carbocycles. The average molecular weight is 253 g/mol. The molecule has 0 aliphatic rings. The fourth-order valence-corrected chi connectivity index (χ4v) is 1.61. The molecule has 0 fully saturated rings. The van der Waals surface area contributed by atoms with Crippen LogP contribution in [0.4, 0.5) is 13.2 Å². The van der Waals surface area contributed by atoms with Crippen molar-refractivity contribution in [3.05, 3.63) is 35.4 Å². The fraction of sp³-hybridized carbons (Fsp3) is 0.455. The van der Waals surface area contributed by atoms with Crippen LogP contribution in [0.3, 0.4) is 0 Å². The third kappa shape index (κ3) is 3.39. The zero-order chi connectivity index (χ0) is 12.2. The molecule has 0 radical (unpaired) electrons. The highest BCUT2D eigenvalue weighted by Crippen LogP contribution is 2.31. The van der Waals surface area contributed by atoms with Gasteiger partial charge in [0.25, 0.3) is 0 Å². The van der Waals surface area contributed by atoms with E-state index >= 15 is 0 Å². The smallest absolute Gasteiger partial charge is 0.373 e. The highest BCUT2D eigenvalue weighted by Gasteiger charge is 2.30. The largest absolute Gasteiger partial charge is 0.416 e. The molecule has 16 heavy (non-hydrogen) atoms. The predicted molar refractivity (Wildman–Crippen MR) is 56.5 cm³/mol. The maximum absolute atomic E-state index is 12.4. The van der Waals surface area contributed by atoms with Gasteiger partial charge in [-0.25, -0.2) is 0 Å². The Morgan fingerprint density at radius 2 is 2.06 bits per heavy atom. The van der Waals surface area contributed by atoms with Crippen molar-refractivity contribution in [3.63, 3.8) is 0 Å². The van der Waals surface area contributed by atoms with Crippen molar-refractivity contribution in [2.24, 2.45) is 0 Å². The monoisotopic (exact) mass is 252 g/mol. The summed E-state index contributed by atoms with van der Waals surface area (Å²) in [6.45, 7) is 2.18. The van der Waals surface area contributed by atoms with E-state index in [1.54, 1.807) is 13.0 Å². The first-order valence-corrected chi connectivity index (χ1v) is 5.37. The van der Waals surface area contributed by atoms with E-state index in [4.69, 9.17) is 16.3 Å². The van der Waals surface area contributed by atoms with Crippen LogP contribution in [-0.4, -0.2) is 12.5 Å². The molecule has 0 heterocycles. The van der Waals surface area contributed by atoms with Crippen LogP contribution in [0.5, 0.6) is 0 Å². The molecule has 0 spiro atoms. The van der Waals surface area contributed by atoms with Crippen molar-refractivity contribution >= 4 is 11.6 Å². The van der Waals surface area contributed by atoms with Crippen molar-refractivity contribution in [1.82, 2.24) is 0 Å². The maximum atomic E-state index is 12.4. The first-order chi connectivity index (χ1) is 7.49. The highest BCUT2D eigenvalue weighted by atomic mass is 35.5. The Labute approximate surface area is 97.2 Å². The molecule has 0 amide bonds. The number of hydrogen-bond acceptors (Lipinski definition) is 1. The molecule has 1 aromatic carbocycles. The molecule has 90 valence electrons. The second-order valence-electron chi connectivity index (χ2n) is 3.22. The fourth-order valence-electron chi connectivity index (χ4n) is 1.35. The summed E-state index contributed by atoms with van der Waals surface area (Å²) in [5.41, 5.74) is -0.230. The lowest BCUT2D eigenvalue weighted by atomic mass is 10.1. The number of alkyl halides is 4. The van der Waals surface area contributed by atoms with Gasteiger partial charge in [-0.15, -0.1) is 11.6 Å². The lowest BCUT2D eigenvalue weighted by Crippen LogP contribution is -2.09. The van der Waals surface area contributed by atoms with Crippen LogP contribution >= 0.6 is 11.6 Å². The summed E-state index contributed by atoms with van der Waals surface area (Å²) >= 11 is 5.64. The van der Waals surface area contributed by atoms with Gasteiger partial charge in [-0.2, -0.15) is 13.2 Å². The molecule has 1 unspecified atom stereocenters. The minimum atomic E-state index is -4.33. The first-order valence-electron chi connectivity index (χ1n) is 4.83. The Morgan fingerprint density at radius 1 is 1.38 bits per heavy atom. The molecule has 0 bridgehead atoms. The summed E-state index contributed by atoms with van der Waals surface area (Å²) in [6.07, 6.45) is -4.83. The van der Waals surface area contributed by atoms with E-state index in [2.05, 4.69) is 0 Å². The van der Waals surface area contributed by atoms with Crippen LogP contribution in [0.2, 0.25) is 0 Å². The Bertz CT molecular complexity index is 338. The van der Waals surface area contributed by atoms with E-state index in [9.17, 15) is 13.2 Å². The number of ether oxygens (including phenoxy) is 1. The summed E-state index contributed by atoms with van der Waals surface area (Å²) in [7, 11) is 0. The minimum absolute atomic E-state index is 0.134. The molecule has 0 aliphatic heterocycles. The van der Waals surface area contributed by atoms with Gasteiger partial charge in [0.1, 0.15) is 0 Å². The van der Waals surface area contributed by atoms with Gasteiger partial charge in [0.2, 0.25) is 0 Å². The maximum Gasteiger partial charge on any atom is 0.416 e. The third-order valence-electron chi connectivity index (χ3n) is 2.09. The molecule has 0 N–H and O–H groups in total. The molecule has 1 aromatic rings. The van der Waals surface area contributed by atoms with E-state index in [-0.39, 0.29) is 5.88 Å². The third-order valence-corrected chi connectivity index (χ3v) is 2.37. The second kappa shape index (κ2) is 5.55. The van der Waals surface area contributed by atoms with Crippen molar-refractivity contribution < 1.29 is 17.9 Å². The van der Waals surface area contributed by atoms with E-state index in [1.165, 1.54) is 6.07 Å². The normalized spacial score (nSPS) is 13.8. The lowest BCUT2D eigenvalue weighted by Gasteiger charge is -2.16. The van der Waals surface area contributed by atoms with Crippen LogP contribution < -0.4 is 0 Å². The zero-order valence-electron chi connectivity index (χ0n) is 8.72. The standard InChI is InChI=1S/C11H12ClF3O/c1-2-16-10(7-12)8-4-3-5-9(6-8)11(13,14)15/h3-6,10H,2,7H2,1H3. The molecule has 1 nitrogen and oxygen atoms in total. The topological polar surface area (TPSA) is 9.23 Å². The molecule has 0 aromatic heterocycles. The van der Waals surface area contributed by atoms with Crippen molar-refractivity contribution in [2.75, 3.05) is 12.5 Å². The molecule has 1 rings (SSSR count). The molecule has 0 saturated heterocycles. The van der Waals surface area contributed by atoms with Gasteiger partial charge in [0, 0.05) is 6.61 Å². The van der Waals surface area contributed by atoms with E-state index in [0.29, 0.717) is 12.2 Å². The lowest BCUT2D eigenvalue weighted by molar-refractivity contribution is -0.137. The van der Waals surface area contributed by atoms with Crippen molar-refractivity contribution in [2.45, 2.75) is 19.2 Å². The number of halogens is 4. The van der Waals surface area contributed by atoms with Gasteiger partial charge in [0.15, 0.2) is 0 Å². The number of rotatable bonds is 4. The molecule has 5 heteroatoms.